The van der Waals surface area contributed by atoms with E-state index in [-0.39, 0.29) is 5.56 Å². The number of benzene rings is 1. The average Bonchev–Trinajstić information content (AvgIpc) is 2.79. The number of thioether (sulfide) groups is 1. The first-order chi connectivity index (χ1) is 11.8. The summed E-state index contributed by atoms with van der Waals surface area (Å²) in [6, 6.07) is 9.58. The van der Waals surface area contributed by atoms with Gasteiger partial charge in [-0.3, -0.25) is 4.79 Å². The van der Waals surface area contributed by atoms with E-state index in [0.29, 0.717) is 11.4 Å². The van der Waals surface area contributed by atoms with Crippen molar-refractivity contribution in [3.8, 4) is 17.1 Å². The van der Waals surface area contributed by atoms with E-state index >= 15 is 0 Å². The summed E-state index contributed by atoms with van der Waals surface area (Å²) in [5, 5.41) is 5.52. The Kier molecular flexibility index (Phi) is 4.14. The molecule has 0 atom stereocenters. The second-order valence-electron chi connectivity index (χ2n) is 5.99. The Balaban J connectivity index is 1.99. The van der Waals surface area contributed by atoms with Gasteiger partial charge in [0, 0.05) is 12.2 Å². The van der Waals surface area contributed by atoms with Gasteiger partial charge in [0.15, 0.2) is 11.0 Å². The first kappa shape index (κ1) is 15.4. The minimum Gasteiger partial charge on any atom is -0.324 e. The maximum Gasteiger partial charge on any atom is 0.284 e. The van der Waals surface area contributed by atoms with E-state index in [0.717, 1.165) is 48.1 Å². The zero-order chi connectivity index (χ0) is 16.5. The van der Waals surface area contributed by atoms with Gasteiger partial charge >= 0.3 is 0 Å². The Morgan fingerprint density at radius 1 is 1.17 bits per heavy atom. The lowest BCUT2D eigenvalue weighted by atomic mass is 10.1. The van der Waals surface area contributed by atoms with Crippen LogP contribution in [-0.2, 0) is 13.0 Å². The fraction of sp³-hybridized carbons (Fsp3) is 0.389. The first-order valence-corrected chi connectivity index (χ1v) is 9.49. The van der Waals surface area contributed by atoms with Gasteiger partial charge in [-0.2, -0.15) is 4.68 Å². The molecule has 0 aromatic heterocycles. The summed E-state index contributed by atoms with van der Waals surface area (Å²) in [6.07, 6.45) is 4.38. The molecule has 0 spiro atoms. The second kappa shape index (κ2) is 6.43. The maximum atomic E-state index is 13.0. The van der Waals surface area contributed by atoms with Crippen molar-refractivity contribution in [1.82, 2.24) is 19.3 Å². The van der Waals surface area contributed by atoms with Gasteiger partial charge in [0.1, 0.15) is 5.56 Å². The zero-order valence-electron chi connectivity index (χ0n) is 13.7. The molecule has 1 aromatic carbocycles. The van der Waals surface area contributed by atoms with Crippen molar-refractivity contribution in [3.05, 3.63) is 46.4 Å². The molecule has 124 valence electrons. The summed E-state index contributed by atoms with van der Waals surface area (Å²) in [4.78, 5) is 17.7. The Labute approximate surface area is 145 Å². The molecule has 0 saturated carbocycles. The molecule has 0 aliphatic carbocycles. The van der Waals surface area contributed by atoms with E-state index in [4.69, 9.17) is 4.98 Å². The minimum atomic E-state index is -0.0533. The van der Waals surface area contributed by atoms with Crippen LogP contribution in [0.5, 0.6) is 0 Å². The van der Waals surface area contributed by atoms with Crippen LogP contribution in [0.1, 0.15) is 31.9 Å². The summed E-state index contributed by atoms with van der Waals surface area (Å²) in [5.74, 6) is 1.54. The van der Waals surface area contributed by atoms with Crippen molar-refractivity contribution in [3.63, 3.8) is 0 Å². The number of fused-ring (bicyclic) bond motifs is 3. The molecule has 0 N–H and O–H groups in total. The fourth-order valence-corrected chi connectivity index (χ4v) is 4.10. The highest BCUT2D eigenvalue weighted by Crippen LogP contribution is 2.30. The quantitative estimate of drug-likeness (QED) is 0.542. The van der Waals surface area contributed by atoms with Crippen LogP contribution < -0.4 is 5.56 Å². The molecule has 3 heterocycles. The van der Waals surface area contributed by atoms with Crippen molar-refractivity contribution < 1.29 is 0 Å². The molecular formula is C18H20N4OS. The highest BCUT2D eigenvalue weighted by atomic mass is 32.2. The third-order valence-electron chi connectivity index (χ3n) is 4.44. The minimum absolute atomic E-state index is 0.0533. The zero-order valence-corrected chi connectivity index (χ0v) is 14.6. The molecule has 0 unspecified atom stereocenters. The number of aromatic nitrogens is 4. The number of para-hydroxylation sites is 1. The van der Waals surface area contributed by atoms with Crippen molar-refractivity contribution in [1.29, 1.82) is 0 Å². The predicted octanol–water partition coefficient (Wildman–Crippen LogP) is 3.37. The van der Waals surface area contributed by atoms with E-state index in [1.54, 1.807) is 11.8 Å². The van der Waals surface area contributed by atoms with Crippen molar-refractivity contribution >= 4 is 11.8 Å². The summed E-state index contributed by atoms with van der Waals surface area (Å²) < 4.78 is 3.74. The largest absolute Gasteiger partial charge is 0.324 e. The van der Waals surface area contributed by atoms with E-state index < -0.39 is 0 Å². The van der Waals surface area contributed by atoms with Crippen LogP contribution in [0.4, 0.5) is 0 Å². The van der Waals surface area contributed by atoms with Crippen molar-refractivity contribution in [2.24, 2.45) is 0 Å². The summed E-state index contributed by atoms with van der Waals surface area (Å²) >= 11 is 1.73. The highest BCUT2D eigenvalue weighted by molar-refractivity contribution is 7.99. The van der Waals surface area contributed by atoms with Gasteiger partial charge in [-0.05, 0) is 37.1 Å². The molecule has 4 rings (SSSR count). The molecule has 0 radical (unpaired) electrons. The SMILES string of the molecule is CCSc1nc2nn(-c3ccccc3)c(=O)c-2c2n1CCCCC2. The van der Waals surface area contributed by atoms with E-state index in [1.165, 1.54) is 11.1 Å². The van der Waals surface area contributed by atoms with Crippen LogP contribution >= 0.6 is 11.8 Å². The van der Waals surface area contributed by atoms with E-state index in [9.17, 15) is 4.79 Å². The molecule has 24 heavy (non-hydrogen) atoms. The van der Waals surface area contributed by atoms with Gasteiger partial charge in [0.05, 0.1) is 5.69 Å². The number of hydrogen-bond donors (Lipinski definition) is 0. The van der Waals surface area contributed by atoms with Gasteiger partial charge in [0.2, 0.25) is 0 Å². The Morgan fingerprint density at radius 2 is 2.00 bits per heavy atom. The van der Waals surface area contributed by atoms with Gasteiger partial charge in [0.25, 0.3) is 5.56 Å². The second-order valence-corrected chi connectivity index (χ2v) is 7.22. The molecule has 0 amide bonds. The summed E-state index contributed by atoms with van der Waals surface area (Å²) in [5.41, 5.74) is 2.54. The van der Waals surface area contributed by atoms with Crippen LogP contribution in [0.2, 0.25) is 0 Å². The van der Waals surface area contributed by atoms with Crippen LogP contribution in [0.15, 0.2) is 40.3 Å². The normalized spacial score (nSPS) is 14.5. The molecule has 0 bridgehead atoms. The van der Waals surface area contributed by atoms with Crippen molar-refractivity contribution in [2.45, 2.75) is 44.3 Å². The molecule has 0 saturated heterocycles. The number of hydrogen-bond acceptors (Lipinski definition) is 4. The monoisotopic (exact) mass is 340 g/mol. The van der Waals surface area contributed by atoms with Gasteiger partial charge in [-0.15, -0.1) is 5.10 Å². The van der Waals surface area contributed by atoms with E-state index in [2.05, 4.69) is 16.6 Å². The molecule has 0 fully saturated rings. The molecular weight excluding hydrogens is 320 g/mol. The Hall–Kier alpha value is -2.08. The Bertz CT molecular complexity index is 884. The smallest absolute Gasteiger partial charge is 0.284 e. The lowest BCUT2D eigenvalue weighted by molar-refractivity contribution is 0.571. The van der Waals surface area contributed by atoms with Crippen LogP contribution in [-0.4, -0.2) is 25.1 Å². The van der Waals surface area contributed by atoms with E-state index in [1.807, 2.05) is 30.3 Å². The van der Waals surface area contributed by atoms with Crippen LogP contribution in [0.25, 0.3) is 17.1 Å². The number of rotatable bonds is 3. The van der Waals surface area contributed by atoms with Gasteiger partial charge in [-0.1, -0.05) is 43.3 Å². The molecule has 3 aliphatic heterocycles. The number of nitrogens with zero attached hydrogens (tertiary/aromatic N) is 4. The lowest BCUT2D eigenvalue weighted by Gasteiger charge is -2.17. The van der Waals surface area contributed by atoms with Crippen LogP contribution in [0.3, 0.4) is 0 Å². The maximum absolute atomic E-state index is 13.0. The average molecular weight is 340 g/mol. The topological polar surface area (TPSA) is 52.7 Å². The third kappa shape index (κ3) is 2.55. The van der Waals surface area contributed by atoms with Crippen LogP contribution in [0, 0.1) is 0 Å². The first-order valence-electron chi connectivity index (χ1n) is 8.50. The summed E-state index contributed by atoms with van der Waals surface area (Å²) in [7, 11) is 0. The van der Waals surface area contributed by atoms with Gasteiger partial charge < -0.3 is 4.57 Å². The summed E-state index contributed by atoms with van der Waals surface area (Å²) in [6.45, 7) is 3.07. The van der Waals surface area contributed by atoms with Crippen molar-refractivity contribution in [2.75, 3.05) is 5.75 Å². The third-order valence-corrected chi connectivity index (χ3v) is 5.30. The standard InChI is InChI=1S/C18H20N4OS/c1-2-24-18-19-16-15(14-11-7-4-8-12-21(14)18)17(23)22(20-16)13-9-5-3-6-10-13/h3,5-6,9-10H,2,4,7-8,11-12H2,1H3. The fourth-order valence-electron chi connectivity index (χ4n) is 3.34. The van der Waals surface area contributed by atoms with Gasteiger partial charge in [-0.25, -0.2) is 4.98 Å². The molecule has 3 aliphatic rings. The highest BCUT2D eigenvalue weighted by Gasteiger charge is 2.26. The molecule has 5 nitrogen and oxygen atoms in total. The lowest BCUT2D eigenvalue weighted by Crippen LogP contribution is -2.19. The predicted molar refractivity (Wildman–Crippen MR) is 96.2 cm³/mol. The Morgan fingerprint density at radius 3 is 2.79 bits per heavy atom. The molecule has 1 aromatic rings. The molecule has 6 heteroatoms.